The van der Waals surface area contributed by atoms with Crippen molar-refractivity contribution in [3.05, 3.63) is 65.5 Å². The van der Waals surface area contributed by atoms with Crippen LogP contribution in [0, 0.1) is 11.3 Å². The van der Waals surface area contributed by atoms with Crippen molar-refractivity contribution < 1.29 is 0 Å². The van der Waals surface area contributed by atoms with Crippen molar-refractivity contribution in [1.82, 2.24) is 4.98 Å². The zero-order valence-electron chi connectivity index (χ0n) is 8.93. The Morgan fingerprint density at radius 2 is 1.44 bits per heavy atom. The van der Waals surface area contributed by atoms with Gasteiger partial charge in [-0.05, 0) is 48.2 Å². The third kappa shape index (κ3) is 2.68. The fourth-order valence-electron chi connectivity index (χ4n) is 1.58. The quantitative estimate of drug-likeness (QED) is 0.777. The van der Waals surface area contributed by atoms with E-state index in [1.54, 1.807) is 0 Å². The third-order valence-corrected chi connectivity index (χ3v) is 2.53. The summed E-state index contributed by atoms with van der Waals surface area (Å²) in [6.07, 6.45) is 5.63. The Balaban J connectivity index is 1.98. The summed E-state index contributed by atoms with van der Waals surface area (Å²) in [6.45, 7) is 0. The second-order valence-corrected chi connectivity index (χ2v) is 3.66. The summed E-state index contributed by atoms with van der Waals surface area (Å²) >= 11 is 0. The molecule has 0 aliphatic heterocycles. The molecule has 0 atom stereocenters. The van der Waals surface area contributed by atoms with Crippen LogP contribution in [0.2, 0.25) is 0 Å². The predicted molar refractivity (Wildman–Crippen MR) is 62.8 cm³/mol. The number of benzene rings is 1. The first-order valence-electron chi connectivity index (χ1n) is 5.26. The van der Waals surface area contributed by atoms with E-state index in [1.807, 2.05) is 48.8 Å². The molecule has 0 spiro atoms. The summed E-state index contributed by atoms with van der Waals surface area (Å²) in [5, 5.41) is 8.68. The van der Waals surface area contributed by atoms with E-state index in [0.29, 0.717) is 5.56 Å². The molecule has 0 aliphatic carbocycles. The normalized spacial score (nSPS) is 9.69. The lowest BCUT2D eigenvalue weighted by Crippen LogP contribution is -1.91. The molecule has 0 fully saturated rings. The van der Waals surface area contributed by atoms with Crippen LogP contribution in [0.15, 0.2) is 48.8 Å². The van der Waals surface area contributed by atoms with Gasteiger partial charge in [-0.3, -0.25) is 4.98 Å². The molecule has 2 aromatic rings. The maximum Gasteiger partial charge on any atom is 0.0991 e. The van der Waals surface area contributed by atoms with Crippen LogP contribution in [-0.4, -0.2) is 4.98 Å². The summed E-state index contributed by atoms with van der Waals surface area (Å²) in [5.41, 5.74) is 3.27. The molecule has 1 heterocycles. The molecule has 16 heavy (non-hydrogen) atoms. The fraction of sp³-hybridized carbons (Fsp3) is 0.143. The summed E-state index contributed by atoms with van der Waals surface area (Å²) in [7, 11) is 0. The first-order valence-corrected chi connectivity index (χ1v) is 5.26. The number of hydrogen-bond donors (Lipinski definition) is 0. The first-order chi connectivity index (χ1) is 7.88. The highest BCUT2D eigenvalue weighted by Gasteiger charge is 1.96. The summed E-state index contributed by atoms with van der Waals surface area (Å²) in [4.78, 5) is 3.99. The molecule has 0 amide bonds. The molecule has 0 saturated heterocycles. The van der Waals surface area contributed by atoms with Crippen molar-refractivity contribution in [3.63, 3.8) is 0 Å². The Morgan fingerprint density at radius 3 is 2.00 bits per heavy atom. The molecule has 1 aromatic carbocycles. The number of aryl methyl sites for hydroxylation is 2. The van der Waals surface area contributed by atoms with Crippen molar-refractivity contribution in [3.8, 4) is 6.07 Å². The van der Waals surface area contributed by atoms with Crippen LogP contribution >= 0.6 is 0 Å². The van der Waals surface area contributed by atoms with Gasteiger partial charge >= 0.3 is 0 Å². The standard InChI is InChI=1S/C14H12N2/c15-11-14-5-3-12(4-6-14)1-2-13-7-9-16-10-8-13/h3-10H,1-2H2. The van der Waals surface area contributed by atoms with Gasteiger partial charge in [-0.25, -0.2) is 0 Å². The molecule has 0 saturated carbocycles. The summed E-state index contributed by atoms with van der Waals surface area (Å²) in [6, 6.07) is 13.9. The van der Waals surface area contributed by atoms with Crippen LogP contribution in [0.4, 0.5) is 0 Å². The van der Waals surface area contributed by atoms with Crippen molar-refractivity contribution in [1.29, 1.82) is 5.26 Å². The number of nitriles is 1. The lowest BCUT2D eigenvalue weighted by atomic mass is 10.0. The van der Waals surface area contributed by atoms with Crippen LogP contribution in [0.3, 0.4) is 0 Å². The number of hydrogen-bond acceptors (Lipinski definition) is 2. The van der Waals surface area contributed by atoms with Gasteiger partial charge in [0.15, 0.2) is 0 Å². The van der Waals surface area contributed by atoms with Gasteiger partial charge in [0.2, 0.25) is 0 Å². The Bertz CT molecular complexity index is 480. The minimum Gasteiger partial charge on any atom is -0.265 e. The monoisotopic (exact) mass is 208 g/mol. The van der Waals surface area contributed by atoms with Gasteiger partial charge in [-0.15, -0.1) is 0 Å². The first kappa shape index (κ1) is 10.4. The highest BCUT2D eigenvalue weighted by molar-refractivity contribution is 5.32. The van der Waals surface area contributed by atoms with Gasteiger partial charge < -0.3 is 0 Å². The van der Waals surface area contributed by atoms with E-state index in [4.69, 9.17) is 5.26 Å². The summed E-state index contributed by atoms with van der Waals surface area (Å²) in [5.74, 6) is 0. The Kier molecular flexibility index (Phi) is 3.30. The third-order valence-electron chi connectivity index (χ3n) is 2.53. The summed E-state index contributed by atoms with van der Waals surface area (Å²) < 4.78 is 0. The smallest absolute Gasteiger partial charge is 0.0991 e. The van der Waals surface area contributed by atoms with E-state index in [9.17, 15) is 0 Å². The van der Waals surface area contributed by atoms with Crippen molar-refractivity contribution >= 4 is 0 Å². The lowest BCUT2D eigenvalue weighted by molar-refractivity contribution is 0.955. The topological polar surface area (TPSA) is 36.7 Å². The molecule has 78 valence electrons. The molecule has 0 radical (unpaired) electrons. The van der Waals surface area contributed by atoms with E-state index in [1.165, 1.54) is 11.1 Å². The molecule has 2 heteroatoms. The second kappa shape index (κ2) is 5.09. The molecular weight excluding hydrogens is 196 g/mol. The minimum absolute atomic E-state index is 0.715. The lowest BCUT2D eigenvalue weighted by Gasteiger charge is -2.01. The molecular formula is C14H12N2. The van der Waals surface area contributed by atoms with E-state index in [0.717, 1.165) is 12.8 Å². The highest BCUT2D eigenvalue weighted by Crippen LogP contribution is 2.08. The minimum atomic E-state index is 0.715. The van der Waals surface area contributed by atoms with Crippen molar-refractivity contribution in [2.45, 2.75) is 12.8 Å². The van der Waals surface area contributed by atoms with Crippen molar-refractivity contribution in [2.24, 2.45) is 0 Å². The molecule has 0 N–H and O–H groups in total. The fourth-order valence-corrected chi connectivity index (χ4v) is 1.58. The molecule has 0 unspecified atom stereocenters. The maximum atomic E-state index is 8.68. The molecule has 2 rings (SSSR count). The largest absolute Gasteiger partial charge is 0.265 e. The molecule has 0 aliphatic rings. The zero-order valence-corrected chi connectivity index (χ0v) is 8.93. The van der Waals surface area contributed by atoms with Gasteiger partial charge in [-0.2, -0.15) is 5.26 Å². The van der Waals surface area contributed by atoms with Gasteiger partial charge in [-0.1, -0.05) is 12.1 Å². The number of aromatic nitrogens is 1. The van der Waals surface area contributed by atoms with Crippen LogP contribution in [0.25, 0.3) is 0 Å². The predicted octanol–water partition coefficient (Wildman–Crippen LogP) is 2.74. The number of rotatable bonds is 3. The molecule has 1 aromatic heterocycles. The van der Waals surface area contributed by atoms with Crippen molar-refractivity contribution in [2.75, 3.05) is 0 Å². The van der Waals surface area contributed by atoms with Gasteiger partial charge in [0.05, 0.1) is 11.6 Å². The van der Waals surface area contributed by atoms with Crippen LogP contribution in [0.1, 0.15) is 16.7 Å². The highest BCUT2D eigenvalue weighted by atomic mass is 14.6. The Morgan fingerprint density at radius 1 is 0.875 bits per heavy atom. The van der Waals surface area contributed by atoms with E-state index >= 15 is 0 Å². The number of pyridine rings is 1. The van der Waals surface area contributed by atoms with E-state index < -0.39 is 0 Å². The van der Waals surface area contributed by atoms with Gasteiger partial charge in [0, 0.05) is 12.4 Å². The van der Waals surface area contributed by atoms with Crippen LogP contribution in [0.5, 0.6) is 0 Å². The van der Waals surface area contributed by atoms with Crippen LogP contribution < -0.4 is 0 Å². The van der Waals surface area contributed by atoms with Crippen LogP contribution in [-0.2, 0) is 12.8 Å². The molecule has 0 bridgehead atoms. The average molecular weight is 208 g/mol. The van der Waals surface area contributed by atoms with Gasteiger partial charge in [0.25, 0.3) is 0 Å². The van der Waals surface area contributed by atoms with E-state index in [-0.39, 0.29) is 0 Å². The Hall–Kier alpha value is -2.14. The van der Waals surface area contributed by atoms with Gasteiger partial charge in [0.1, 0.15) is 0 Å². The molecule has 2 nitrogen and oxygen atoms in total. The maximum absolute atomic E-state index is 8.68. The second-order valence-electron chi connectivity index (χ2n) is 3.66. The Labute approximate surface area is 95.2 Å². The average Bonchev–Trinajstić information content (AvgIpc) is 2.38. The number of nitrogens with zero attached hydrogens (tertiary/aromatic N) is 2. The SMILES string of the molecule is N#Cc1ccc(CCc2ccncc2)cc1. The van der Waals surface area contributed by atoms with E-state index in [2.05, 4.69) is 11.1 Å². The zero-order chi connectivity index (χ0) is 11.2.